The Bertz CT molecular complexity index is 744. The zero-order chi connectivity index (χ0) is 17.7. The Labute approximate surface area is 134 Å². The highest BCUT2D eigenvalue weighted by Crippen LogP contribution is 2.25. The average Bonchev–Trinajstić information content (AvgIpc) is 2.59. The predicted octanol–water partition coefficient (Wildman–Crippen LogP) is 3.72. The molecule has 2 N–H and O–H groups in total. The first kappa shape index (κ1) is 17.1. The molecule has 0 aliphatic carbocycles. The third-order valence-corrected chi connectivity index (χ3v) is 3.33. The van der Waals surface area contributed by atoms with Crippen LogP contribution in [0.25, 0.3) is 0 Å². The van der Waals surface area contributed by atoms with Gasteiger partial charge in [-0.05, 0) is 46.8 Å². The van der Waals surface area contributed by atoms with Gasteiger partial charge >= 0.3 is 0 Å². The van der Waals surface area contributed by atoms with Gasteiger partial charge in [-0.3, -0.25) is 0 Å². The molecule has 2 aromatic carbocycles. The molecule has 10 heteroatoms. The van der Waals surface area contributed by atoms with E-state index in [0.29, 0.717) is 11.1 Å². The molecule has 0 unspecified atom stereocenters. The van der Waals surface area contributed by atoms with Gasteiger partial charge in [-0.25, -0.2) is 8.78 Å². The van der Waals surface area contributed by atoms with Crippen molar-refractivity contribution < 1.29 is 28.9 Å². The van der Waals surface area contributed by atoms with E-state index in [1.54, 1.807) is 0 Å². The van der Waals surface area contributed by atoms with E-state index in [9.17, 15) is 19.2 Å². The molecule has 0 fully saturated rings. The number of aryl methyl sites for hydroxylation is 2. The monoisotopic (exact) mass is 338 g/mol. The van der Waals surface area contributed by atoms with Crippen molar-refractivity contribution in [3.63, 3.8) is 0 Å². The summed E-state index contributed by atoms with van der Waals surface area (Å²) in [6.07, 6.45) is 0.309. The zero-order valence-electron chi connectivity index (χ0n) is 12.1. The van der Waals surface area contributed by atoms with Gasteiger partial charge in [-0.2, -0.15) is 0 Å². The quantitative estimate of drug-likeness (QED) is 0.491. The number of nitrogens with zero attached hydrogens (tertiary/aromatic N) is 4. The summed E-state index contributed by atoms with van der Waals surface area (Å²) in [7, 11) is 0. The molecule has 24 heavy (non-hydrogen) atoms. The summed E-state index contributed by atoms with van der Waals surface area (Å²) in [5.74, 6) is -1.38. The van der Waals surface area contributed by atoms with Crippen molar-refractivity contribution in [3.8, 4) is 0 Å². The fourth-order valence-electron chi connectivity index (χ4n) is 2.22. The first-order chi connectivity index (χ1) is 11.5. The first-order valence-electron chi connectivity index (χ1n) is 6.67. The van der Waals surface area contributed by atoms with Gasteiger partial charge in [0.25, 0.3) is 11.4 Å². The SMILES string of the molecule is [O-]/[N+](=N\O)c1cc(F)ccc1CCc1ccc(F)cc1/[N+]([O-])=N/O. The van der Waals surface area contributed by atoms with Crippen LogP contribution in [0, 0.1) is 22.0 Å². The van der Waals surface area contributed by atoms with Crippen molar-refractivity contribution in [2.45, 2.75) is 12.8 Å². The van der Waals surface area contributed by atoms with Crippen molar-refractivity contribution in [2.75, 3.05) is 0 Å². The number of benzene rings is 2. The lowest BCUT2D eigenvalue weighted by atomic mass is 10.0. The highest BCUT2D eigenvalue weighted by atomic mass is 19.1. The largest absolute Gasteiger partial charge is 0.592 e. The molecule has 0 saturated heterocycles. The van der Waals surface area contributed by atoms with Gasteiger partial charge in [0.1, 0.15) is 11.6 Å². The van der Waals surface area contributed by atoms with Crippen LogP contribution in [0.3, 0.4) is 0 Å². The lowest BCUT2D eigenvalue weighted by Gasteiger charge is -2.08. The normalized spacial score (nSPS) is 12.4. The van der Waals surface area contributed by atoms with Crippen molar-refractivity contribution in [1.29, 1.82) is 0 Å². The average molecular weight is 338 g/mol. The Morgan fingerprint density at radius 2 is 1.17 bits per heavy atom. The maximum absolute atomic E-state index is 13.2. The molecular weight excluding hydrogens is 326 g/mol. The summed E-state index contributed by atoms with van der Waals surface area (Å²) in [6.45, 7) is 0. The Balaban J connectivity index is 2.33. The highest BCUT2D eigenvalue weighted by molar-refractivity contribution is 5.44. The van der Waals surface area contributed by atoms with Crippen molar-refractivity contribution in [2.24, 2.45) is 10.6 Å². The zero-order valence-corrected chi connectivity index (χ0v) is 12.1. The van der Waals surface area contributed by atoms with Crippen LogP contribution in [-0.4, -0.2) is 20.1 Å². The molecular formula is C14H12F2N4O4. The van der Waals surface area contributed by atoms with E-state index in [4.69, 9.17) is 10.4 Å². The topological polar surface area (TPSA) is 117 Å². The number of halogens is 2. The maximum atomic E-state index is 13.2. The van der Waals surface area contributed by atoms with Crippen LogP contribution in [0.5, 0.6) is 0 Å². The summed E-state index contributed by atoms with van der Waals surface area (Å²) >= 11 is 0. The fourth-order valence-corrected chi connectivity index (χ4v) is 2.22. The molecule has 0 spiro atoms. The van der Waals surface area contributed by atoms with E-state index in [2.05, 4.69) is 10.6 Å². The van der Waals surface area contributed by atoms with E-state index >= 15 is 0 Å². The van der Waals surface area contributed by atoms with Gasteiger partial charge < -0.3 is 20.8 Å². The molecule has 0 amide bonds. The molecule has 0 bridgehead atoms. The number of rotatable bonds is 5. The van der Waals surface area contributed by atoms with Gasteiger partial charge in [0.2, 0.25) is 10.6 Å². The number of hydrogen-bond donors (Lipinski definition) is 2. The molecule has 0 aliphatic rings. The minimum Gasteiger partial charge on any atom is -0.592 e. The summed E-state index contributed by atoms with van der Waals surface area (Å²) in [5.41, 5.74) is 0.287. The highest BCUT2D eigenvalue weighted by Gasteiger charge is 2.17. The Morgan fingerprint density at radius 1 is 0.792 bits per heavy atom. The standard InChI is InChI=1S/C14H12F2N4O4/c15-11-5-3-9(13(7-11)19(23)17-21)1-2-10-4-6-12(16)8-14(10)20(24)18-22/h3-8,21-22H,1-2H2/b19-17-,20-18-. The molecule has 2 rings (SSSR count). The molecule has 0 radical (unpaired) electrons. The minimum absolute atomic E-state index is 0.146. The second kappa shape index (κ2) is 7.31. The smallest absolute Gasteiger partial charge is 0.254 e. The van der Waals surface area contributed by atoms with Crippen LogP contribution in [0.2, 0.25) is 0 Å². The molecule has 2 aromatic rings. The molecule has 8 nitrogen and oxygen atoms in total. The third-order valence-electron chi connectivity index (χ3n) is 3.33. The number of hydrogen-bond acceptors (Lipinski definition) is 4. The maximum Gasteiger partial charge on any atom is 0.254 e. The van der Waals surface area contributed by atoms with Gasteiger partial charge in [-0.1, -0.05) is 0 Å². The van der Waals surface area contributed by atoms with Crippen LogP contribution in [-0.2, 0) is 12.8 Å². The van der Waals surface area contributed by atoms with Crippen molar-refractivity contribution in [3.05, 3.63) is 69.6 Å². The lowest BCUT2D eigenvalue weighted by molar-refractivity contribution is -0.475. The van der Waals surface area contributed by atoms with E-state index in [-0.39, 0.29) is 33.9 Å². The van der Waals surface area contributed by atoms with Crippen LogP contribution in [0.15, 0.2) is 47.0 Å². The summed E-state index contributed by atoms with van der Waals surface area (Å²) in [4.78, 5) is -0.292. The van der Waals surface area contributed by atoms with Crippen LogP contribution >= 0.6 is 0 Å². The fraction of sp³-hybridized carbons (Fsp3) is 0.143. The van der Waals surface area contributed by atoms with E-state index < -0.39 is 11.6 Å². The van der Waals surface area contributed by atoms with Crippen LogP contribution in [0.4, 0.5) is 20.2 Å². The molecule has 0 aliphatic heterocycles. The molecule has 0 saturated carbocycles. The molecule has 0 heterocycles. The van der Waals surface area contributed by atoms with Crippen LogP contribution < -0.4 is 0 Å². The van der Waals surface area contributed by atoms with Gasteiger partial charge in [0.15, 0.2) is 0 Å². The molecule has 126 valence electrons. The van der Waals surface area contributed by atoms with E-state index in [1.807, 2.05) is 0 Å². The van der Waals surface area contributed by atoms with Gasteiger partial charge in [0.05, 0.1) is 0 Å². The predicted molar refractivity (Wildman–Crippen MR) is 75.2 cm³/mol. The lowest BCUT2D eigenvalue weighted by Crippen LogP contribution is -2.02. The molecule has 0 atom stereocenters. The van der Waals surface area contributed by atoms with Crippen molar-refractivity contribution >= 4 is 11.4 Å². The van der Waals surface area contributed by atoms with Crippen molar-refractivity contribution in [1.82, 2.24) is 0 Å². The summed E-state index contributed by atoms with van der Waals surface area (Å²) in [5, 5.41) is 44.9. The second-order valence-electron chi connectivity index (χ2n) is 4.77. The van der Waals surface area contributed by atoms with E-state index in [1.165, 1.54) is 12.1 Å². The van der Waals surface area contributed by atoms with Gasteiger partial charge in [0, 0.05) is 23.3 Å². The Kier molecular flexibility index (Phi) is 5.20. The van der Waals surface area contributed by atoms with E-state index in [0.717, 1.165) is 24.3 Å². The van der Waals surface area contributed by atoms with Crippen LogP contribution in [0.1, 0.15) is 11.1 Å². The Hall–Kier alpha value is -3.30. The first-order valence-corrected chi connectivity index (χ1v) is 6.67. The third kappa shape index (κ3) is 3.72. The summed E-state index contributed by atoms with van der Waals surface area (Å²) in [6, 6.07) is 6.70. The minimum atomic E-state index is -0.689. The summed E-state index contributed by atoms with van der Waals surface area (Å²) < 4.78 is 26.5. The Morgan fingerprint density at radius 3 is 1.50 bits per heavy atom. The second-order valence-corrected chi connectivity index (χ2v) is 4.77. The molecule has 0 aromatic heterocycles. The van der Waals surface area contributed by atoms with Gasteiger partial charge in [-0.15, -0.1) is 0 Å².